The van der Waals surface area contributed by atoms with Crippen molar-refractivity contribution in [3.63, 3.8) is 0 Å². The maximum Gasteiger partial charge on any atom is 0.316 e. The fourth-order valence-corrected chi connectivity index (χ4v) is 5.01. The third-order valence-electron chi connectivity index (χ3n) is 2.69. The molecule has 1 aromatic carbocycles. The Hall–Kier alpha value is -1.65. The predicted octanol–water partition coefficient (Wildman–Crippen LogP) is 0.976. The third kappa shape index (κ3) is 5.62. The number of nitrogens with two attached hydrogens (primary N) is 1. The standard InChI is InChI=1S/C12H19N3O5S2/c1-2-3-6-9-21(17,18)15-22(19,20)11-8-5-4-7-10(11)14-12(13)16/h4-5,7-8,15H,2-3,6,9H2,1H3,(H3,13,14,16). The Morgan fingerprint density at radius 1 is 1.14 bits per heavy atom. The molecule has 4 N–H and O–H groups in total. The topological polar surface area (TPSA) is 135 Å². The van der Waals surface area contributed by atoms with E-state index < -0.39 is 26.1 Å². The van der Waals surface area contributed by atoms with Crippen LogP contribution in [0.4, 0.5) is 10.5 Å². The van der Waals surface area contributed by atoms with Crippen molar-refractivity contribution in [1.82, 2.24) is 4.13 Å². The summed E-state index contributed by atoms with van der Waals surface area (Å²) in [4.78, 5) is 10.5. The quantitative estimate of drug-likeness (QED) is 0.601. The molecule has 0 spiro atoms. The number of rotatable bonds is 8. The summed E-state index contributed by atoms with van der Waals surface area (Å²) in [5.41, 5.74) is 4.87. The molecule has 0 heterocycles. The van der Waals surface area contributed by atoms with Crippen LogP contribution in [0.2, 0.25) is 0 Å². The number of carbonyl (C=O) groups excluding carboxylic acids is 1. The second kappa shape index (κ2) is 7.56. The largest absolute Gasteiger partial charge is 0.351 e. The molecule has 2 amide bonds. The molecule has 0 radical (unpaired) electrons. The van der Waals surface area contributed by atoms with Gasteiger partial charge in [-0.1, -0.05) is 31.9 Å². The van der Waals surface area contributed by atoms with Gasteiger partial charge in [0.25, 0.3) is 10.0 Å². The van der Waals surface area contributed by atoms with E-state index in [0.717, 1.165) is 6.42 Å². The van der Waals surface area contributed by atoms with Gasteiger partial charge in [-0.05, 0) is 18.6 Å². The molecule has 8 nitrogen and oxygen atoms in total. The van der Waals surface area contributed by atoms with Crippen LogP contribution in [0.15, 0.2) is 29.2 Å². The first-order valence-corrected chi connectivity index (χ1v) is 9.73. The van der Waals surface area contributed by atoms with Crippen LogP contribution in [0.5, 0.6) is 0 Å². The number of carbonyl (C=O) groups is 1. The van der Waals surface area contributed by atoms with Crippen LogP contribution in [0.3, 0.4) is 0 Å². The molecule has 0 aliphatic heterocycles. The highest BCUT2D eigenvalue weighted by molar-refractivity contribution is 8.04. The fourth-order valence-electron chi connectivity index (χ4n) is 1.73. The Bertz CT molecular complexity index is 729. The minimum atomic E-state index is -4.34. The number of hydrogen-bond acceptors (Lipinski definition) is 5. The summed E-state index contributed by atoms with van der Waals surface area (Å²) in [7, 11) is -8.33. The number of benzene rings is 1. The Labute approximate surface area is 130 Å². The van der Waals surface area contributed by atoms with Gasteiger partial charge in [0, 0.05) is 0 Å². The number of amides is 2. The van der Waals surface area contributed by atoms with Gasteiger partial charge in [0.05, 0.1) is 11.4 Å². The highest BCUT2D eigenvalue weighted by Gasteiger charge is 2.25. The number of sulfonamides is 2. The molecule has 124 valence electrons. The molecule has 0 atom stereocenters. The van der Waals surface area contributed by atoms with Crippen LogP contribution in [-0.2, 0) is 20.0 Å². The lowest BCUT2D eigenvalue weighted by molar-refractivity contribution is 0.259. The van der Waals surface area contributed by atoms with Crippen molar-refractivity contribution in [2.24, 2.45) is 5.73 Å². The molecular formula is C12H19N3O5S2. The Kier molecular flexibility index (Phi) is 6.33. The lowest BCUT2D eigenvalue weighted by Gasteiger charge is -2.11. The zero-order valence-corrected chi connectivity index (χ0v) is 13.7. The van der Waals surface area contributed by atoms with Gasteiger partial charge >= 0.3 is 6.03 Å². The number of unbranched alkanes of at least 4 members (excludes halogenated alkanes) is 2. The first kappa shape index (κ1) is 18.4. The second-order valence-electron chi connectivity index (χ2n) is 4.60. The minimum absolute atomic E-state index is 0.0914. The van der Waals surface area contributed by atoms with Crippen molar-refractivity contribution in [2.75, 3.05) is 11.1 Å². The Balaban J connectivity index is 3.02. The summed E-state index contributed by atoms with van der Waals surface area (Å²) < 4.78 is 49.7. The van der Waals surface area contributed by atoms with Crippen molar-refractivity contribution >= 4 is 31.8 Å². The smallest absolute Gasteiger partial charge is 0.316 e. The van der Waals surface area contributed by atoms with Gasteiger partial charge in [0.2, 0.25) is 10.0 Å². The van der Waals surface area contributed by atoms with Gasteiger partial charge < -0.3 is 11.1 Å². The maximum atomic E-state index is 12.2. The van der Waals surface area contributed by atoms with Crippen molar-refractivity contribution < 1.29 is 21.6 Å². The van der Waals surface area contributed by atoms with Crippen molar-refractivity contribution in [2.45, 2.75) is 31.1 Å². The van der Waals surface area contributed by atoms with E-state index in [1.807, 2.05) is 6.92 Å². The van der Waals surface area contributed by atoms with Gasteiger partial charge in [0.15, 0.2) is 0 Å². The molecule has 0 fully saturated rings. The Morgan fingerprint density at radius 3 is 2.36 bits per heavy atom. The molecular weight excluding hydrogens is 330 g/mol. The van der Waals surface area contributed by atoms with Gasteiger partial charge in [-0.2, -0.15) is 0 Å². The number of hydrogen-bond donors (Lipinski definition) is 3. The third-order valence-corrected chi connectivity index (χ3v) is 6.34. The summed E-state index contributed by atoms with van der Waals surface area (Å²) in [6.45, 7) is 1.91. The number of primary amides is 1. The lowest BCUT2D eigenvalue weighted by atomic mass is 10.3. The predicted molar refractivity (Wildman–Crippen MR) is 83.3 cm³/mol. The zero-order chi connectivity index (χ0) is 16.8. The summed E-state index contributed by atoms with van der Waals surface area (Å²) in [6, 6.07) is 4.43. The van der Waals surface area contributed by atoms with Crippen LogP contribution in [-0.4, -0.2) is 28.6 Å². The molecule has 0 bridgehead atoms. The highest BCUT2D eigenvalue weighted by Crippen LogP contribution is 2.21. The SMILES string of the molecule is CCCCCS(=O)(=O)NS(=O)(=O)c1ccccc1NC(N)=O. The molecule has 0 aliphatic carbocycles. The normalized spacial score (nSPS) is 12.0. The van der Waals surface area contributed by atoms with E-state index in [1.54, 1.807) is 4.13 Å². The minimum Gasteiger partial charge on any atom is -0.351 e. The number of nitrogens with one attached hydrogen (secondary N) is 2. The average molecular weight is 349 g/mol. The van der Waals surface area contributed by atoms with Gasteiger partial charge in [-0.25, -0.2) is 21.6 Å². The van der Waals surface area contributed by atoms with E-state index >= 15 is 0 Å². The highest BCUT2D eigenvalue weighted by atomic mass is 32.3. The monoisotopic (exact) mass is 349 g/mol. The van der Waals surface area contributed by atoms with Crippen LogP contribution in [0.1, 0.15) is 26.2 Å². The lowest BCUT2D eigenvalue weighted by Crippen LogP contribution is -2.33. The van der Waals surface area contributed by atoms with Gasteiger partial charge in [0.1, 0.15) is 4.90 Å². The Morgan fingerprint density at radius 2 is 1.77 bits per heavy atom. The first-order valence-electron chi connectivity index (χ1n) is 6.59. The molecule has 0 saturated carbocycles. The average Bonchev–Trinajstić information content (AvgIpc) is 2.37. The molecule has 22 heavy (non-hydrogen) atoms. The molecule has 10 heteroatoms. The summed E-state index contributed by atoms with van der Waals surface area (Å²) >= 11 is 0. The van der Waals surface area contributed by atoms with Crippen LogP contribution in [0, 0.1) is 0 Å². The van der Waals surface area contributed by atoms with Crippen molar-refractivity contribution in [1.29, 1.82) is 0 Å². The van der Waals surface area contributed by atoms with E-state index in [4.69, 9.17) is 5.73 Å². The van der Waals surface area contributed by atoms with Crippen molar-refractivity contribution in [3.8, 4) is 0 Å². The molecule has 0 unspecified atom stereocenters. The first-order chi connectivity index (χ1) is 10.2. The maximum absolute atomic E-state index is 12.2. The fraction of sp³-hybridized carbons (Fsp3) is 0.417. The molecule has 0 aromatic heterocycles. The summed E-state index contributed by atoms with van der Waals surface area (Å²) in [6.07, 6.45) is 1.86. The van der Waals surface area contributed by atoms with E-state index in [0.29, 0.717) is 12.8 Å². The van der Waals surface area contributed by atoms with Gasteiger partial charge in [-0.15, -0.1) is 4.13 Å². The van der Waals surface area contributed by atoms with E-state index in [2.05, 4.69) is 5.32 Å². The van der Waals surface area contributed by atoms with E-state index in [-0.39, 0.29) is 16.3 Å². The zero-order valence-electron chi connectivity index (χ0n) is 12.1. The number of anilines is 1. The van der Waals surface area contributed by atoms with Crippen LogP contribution in [0.25, 0.3) is 0 Å². The number of para-hydroxylation sites is 1. The van der Waals surface area contributed by atoms with Crippen LogP contribution < -0.4 is 15.2 Å². The van der Waals surface area contributed by atoms with E-state index in [9.17, 15) is 21.6 Å². The second-order valence-corrected chi connectivity index (χ2v) is 8.35. The summed E-state index contributed by atoms with van der Waals surface area (Å²) in [5.74, 6) is -0.286. The summed E-state index contributed by atoms with van der Waals surface area (Å²) in [5, 5.41) is 2.14. The van der Waals surface area contributed by atoms with Crippen molar-refractivity contribution in [3.05, 3.63) is 24.3 Å². The molecule has 1 aromatic rings. The van der Waals surface area contributed by atoms with E-state index in [1.165, 1.54) is 24.3 Å². The van der Waals surface area contributed by atoms with Crippen LogP contribution >= 0.6 is 0 Å². The van der Waals surface area contributed by atoms with Gasteiger partial charge in [-0.3, -0.25) is 0 Å². The molecule has 0 aliphatic rings. The molecule has 0 saturated heterocycles. The molecule has 1 rings (SSSR count). The number of urea groups is 1.